The summed E-state index contributed by atoms with van der Waals surface area (Å²) in [4.78, 5) is 11.3. The summed E-state index contributed by atoms with van der Waals surface area (Å²) in [6.07, 6.45) is 0. The van der Waals surface area contributed by atoms with Crippen LogP contribution in [-0.2, 0) is 9.53 Å². The van der Waals surface area contributed by atoms with E-state index in [0.29, 0.717) is 11.2 Å². The van der Waals surface area contributed by atoms with Crippen molar-refractivity contribution in [2.24, 2.45) is 11.8 Å². The molecule has 13 heavy (non-hydrogen) atoms. The van der Waals surface area contributed by atoms with Crippen LogP contribution in [-0.4, -0.2) is 29.6 Å². The fraction of sp³-hybridized carbons (Fsp3) is 0.875. The Morgan fingerprint density at radius 2 is 2.23 bits per heavy atom. The van der Waals surface area contributed by atoms with Crippen molar-refractivity contribution in [2.75, 3.05) is 13.2 Å². The lowest BCUT2D eigenvalue weighted by Gasteiger charge is -2.30. The summed E-state index contributed by atoms with van der Waals surface area (Å²) in [5, 5.41) is 0.406. The van der Waals surface area contributed by atoms with Crippen LogP contribution in [0.1, 0.15) is 13.8 Å². The van der Waals surface area contributed by atoms with Crippen LogP contribution in [0.25, 0.3) is 0 Å². The summed E-state index contributed by atoms with van der Waals surface area (Å²) in [6.45, 7) is 5.55. The van der Waals surface area contributed by atoms with Gasteiger partial charge in [-0.25, -0.2) is 5.84 Å². The molecule has 0 aromatic carbocycles. The normalized spacial score (nSPS) is 19.7. The van der Waals surface area contributed by atoms with Gasteiger partial charge in [-0.2, -0.15) is 0 Å². The Morgan fingerprint density at radius 3 is 2.54 bits per heavy atom. The number of carbonyl (C=O) groups is 1. The number of amides is 1. The number of nitrogens with one attached hydrogen (secondary N) is 1. The molecule has 1 atom stereocenters. The van der Waals surface area contributed by atoms with E-state index in [-0.39, 0.29) is 11.2 Å². The first-order valence-corrected chi connectivity index (χ1v) is 5.33. The molecule has 1 rings (SSSR count). The lowest BCUT2D eigenvalue weighted by atomic mass is 10.1. The predicted molar refractivity (Wildman–Crippen MR) is 53.2 cm³/mol. The van der Waals surface area contributed by atoms with E-state index < -0.39 is 0 Å². The van der Waals surface area contributed by atoms with Crippen LogP contribution in [0, 0.1) is 5.92 Å². The second-order valence-electron chi connectivity index (χ2n) is 3.47. The minimum absolute atomic E-state index is 0.0566. The second kappa shape index (κ2) is 4.83. The molecule has 1 aliphatic rings. The lowest BCUT2D eigenvalue weighted by molar-refractivity contribution is -0.121. The van der Waals surface area contributed by atoms with Crippen LogP contribution < -0.4 is 11.3 Å². The van der Waals surface area contributed by atoms with Gasteiger partial charge >= 0.3 is 0 Å². The van der Waals surface area contributed by atoms with Gasteiger partial charge in [0.2, 0.25) is 5.91 Å². The van der Waals surface area contributed by atoms with Crippen molar-refractivity contribution >= 4 is 17.7 Å². The monoisotopic (exact) mass is 204 g/mol. The molecule has 0 aliphatic carbocycles. The minimum Gasteiger partial charge on any atom is -0.379 e. The van der Waals surface area contributed by atoms with Gasteiger partial charge in [0.25, 0.3) is 0 Å². The van der Waals surface area contributed by atoms with Gasteiger partial charge in [0.1, 0.15) is 0 Å². The first-order chi connectivity index (χ1) is 6.15. The fourth-order valence-corrected chi connectivity index (χ4v) is 2.37. The number of hydrogen-bond acceptors (Lipinski definition) is 4. The number of nitrogens with two attached hydrogens (primary N) is 1. The van der Waals surface area contributed by atoms with Gasteiger partial charge in [-0.1, -0.05) is 13.8 Å². The molecule has 0 saturated carbocycles. The molecule has 5 heteroatoms. The van der Waals surface area contributed by atoms with Gasteiger partial charge in [0, 0.05) is 0 Å². The standard InChI is InChI=1S/C8H16N2O2S/c1-5(2)7(8(11)10-9)13-6-3-12-4-6/h5-7H,3-4,9H2,1-2H3,(H,10,11). The first-order valence-electron chi connectivity index (χ1n) is 4.38. The van der Waals surface area contributed by atoms with Gasteiger partial charge in [0.05, 0.1) is 23.7 Å². The van der Waals surface area contributed by atoms with E-state index in [1.807, 2.05) is 13.8 Å². The second-order valence-corrected chi connectivity index (χ2v) is 4.92. The summed E-state index contributed by atoms with van der Waals surface area (Å²) in [6, 6.07) is 0. The Labute approximate surface area is 82.5 Å². The van der Waals surface area contributed by atoms with E-state index in [4.69, 9.17) is 10.6 Å². The van der Waals surface area contributed by atoms with Crippen molar-refractivity contribution in [2.45, 2.75) is 24.3 Å². The minimum atomic E-state index is -0.0908. The molecular weight excluding hydrogens is 188 g/mol. The molecule has 0 aromatic heterocycles. The third-order valence-electron chi connectivity index (χ3n) is 1.95. The van der Waals surface area contributed by atoms with Gasteiger partial charge in [-0.3, -0.25) is 10.2 Å². The summed E-state index contributed by atoms with van der Waals surface area (Å²) in [5.74, 6) is 5.31. The Morgan fingerprint density at radius 1 is 1.62 bits per heavy atom. The Hall–Kier alpha value is -0.260. The molecule has 4 nitrogen and oxygen atoms in total. The maximum absolute atomic E-state index is 11.3. The number of hydrogen-bond donors (Lipinski definition) is 2. The Bertz CT molecular complexity index is 183. The van der Waals surface area contributed by atoms with E-state index in [9.17, 15) is 4.79 Å². The van der Waals surface area contributed by atoms with Gasteiger partial charge in [-0.05, 0) is 5.92 Å². The first kappa shape index (κ1) is 10.8. The van der Waals surface area contributed by atoms with Crippen LogP contribution in [0.3, 0.4) is 0 Å². The van der Waals surface area contributed by atoms with Gasteiger partial charge in [0.15, 0.2) is 0 Å². The quantitative estimate of drug-likeness (QED) is 0.388. The van der Waals surface area contributed by atoms with Gasteiger partial charge in [-0.15, -0.1) is 11.8 Å². The molecule has 76 valence electrons. The molecular formula is C8H16N2O2S. The highest BCUT2D eigenvalue weighted by Gasteiger charge is 2.29. The molecule has 1 unspecified atom stereocenters. The molecule has 0 aromatic rings. The maximum Gasteiger partial charge on any atom is 0.247 e. The van der Waals surface area contributed by atoms with Crippen LogP contribution >= 0.6 is 11.8 Å². The van der Waals surface area contributed by atoms with E-state index >= 15 is 0 Å². The zero-order valence-corrected chi connectivity index (χ0v) is 8.76. The molecule has 3 N–H and O–H groups in total. The van der Waals surface area contributed by atoms with E-state index in [2.05, 4.69) is 5.43 Å². The van der Waals surface area contributed by atoms with E-state index in [1.54, 1.807) is 11.8 Å². The molecule has 1 aliphatic heterocycles. The van der Waals surface area contributed by atoms with Crippen molar-refractivity contribution in [1.29, 1.82) is 0 Å². The number of thioether (sulfide) groups is 1. The third-order valence-corrected chi connectivity index (χ3v) is 3.66. The summed E-state index contributed by atoms with van der Waals surface area (Å²) >= 11 is 1.66. The van der Waals surface area contributed by atoms with Crippen molar-refractivity contribution in [3.63, 3.8) is 0 Å². The molecule has 0 radical (unpaired) electrons. The zero-order valence-electron chi connectivity index (χ0n) is 7.95. The van der Waals surface area contributed by atoms with Crippen LogP contribution in [0.2, 0.25) is 0 Å². The summed E-state index contributed by atoms with van der Waals surface area (Å²) in [5.41, 5.74) is 2.20. The zero-order chi connectivity index (χ0) is 9.84. The van der Waals surface area contributed by atoms with Crippen LogP contribution in [0.15, 0.2) is 0 Å². The highest BCUT2D eigenvalue weighted by molar-refractivity contribution is 8.01. The number of hydrazine groups is 1. The molecule has 1 heterocycles. The van der Waals surface area contributed by atoms with Crippen molar-refractivity contribution in [1.82, 2.24) is 5.43 Å². The highest BCUT2D eigenvalue weighted by Crippen LogP contribution is 2.28. The fourth-order valence-electron chi connectivity index (χ4n) is 1.10. The lowest BCUT2D eigenvalue weighted by Crippen LogP contribution is -2.43. The summed E-state index contributed by atoms with van der Waals surface area (Å²) < 4.78 is 5.05. The number of carbonyl (C=O) groups excluding carboxylic acids is 1. The molecule has 0 spiro atoms. The maximum atomic E-state index is 11.3. The Balaban J connectivity index is 2.41. The van der Waals surface area contributed by atoms with Gasteiger partial charge < -0.3 is 4.74 Å². The average Bonchev–Trinajstić information content (AvgIpc) is 2.00. The average molecular weight is 204 g/mol. The third kappa shape index (κ3) is 2.86. The number of rotatable bonds is 4. The highest BCUT2D eigenvalue weighted by atomic mass is 32.2. The smallest absolute Gasteiger partial charge is 0.247 e. The van der Waals surface area contributed by atoms with E-state index in [1.165, 1.54) is 0 Å². The Kier molecular flexibility index (Phi) is 4.02. The molecule has 0 bridgehead atoms. The molecule has 1 saturated heterocycles. The van der Waals surface area contributed by atoms with Crippen molar-refractivity contribution < 1.29 is 9.53 Å². The SMILES string of the molecule is CC(C)C(SC1COC1)C(=O)NN. The largest absolute Gasteiger partial charge is 0.379 e. The number of ether oxygens (including phenoxy) is 1. The van der Waals surface area contributed by atoms with Crippen LogP contribution in [0.4, 0.5) is 0 Å². The van der Waals surface area contributed by atoms with Crippen LogP contribution in [0.5, 0.6) is 0 Å². The summed E-state index contributed by atoms with van der Waals surface area (Å²) in [7, 11) is 0. The van der Waals surface area contributed by atoms with E-state index in [0.717, 1.165) is 13.2 Å². The topological polar surface area (TPSA) is 64.3 Å². The molecule has 1 fully saturated rings. The predicted octanol–water partition coefficient (Wildman–Crippen LogP) is 0.133. The van der Waals surface area contributed by atoms with Crippen molar-refractivity contribution in [3.05, 3.63) is 0 Å². The van der Waals surface area contributed by atoms with Crippen molar-refractivity contribution in [3.8, 4) is 0 Å². The molecule has 1 amide bonds.